The number of hydrazine groups is 1. The van der Waals surface area contributed by atoms with Crippen molar-refractivity contribution in [3.8, 4) is 0 Å². The number of amidine groups is 1. The largest absolute Gasteiger partial charge is 0.263 e. The minimum absolute atomic E-state index is 0.867. The van der Waals surface area contributed by atoms with Crippen molar-refractivity contribution < 1.29 is 4.58 Å². The van der Waals surface area contributed by atoms with Gasteiger partial charge in [-0.1, -0.05) is 4.41 Å². The summed E-state index contributed by atoms with van der Waals surface area (Å²) in [7, 11) is 4.04. The molecule has 1 aliphatic heterocycles. The van der Waals surface area contributed by atoms with E-state index in [1.807, 2.05) is 23.5 Å². The summed E-state index contributed by atoms with van der Waals surface area (Å²) in [6.07, 6.45) is 0. The van der Waals surface area contributed by atoms with Gasteiger partial charge in [0.1, 0.15) is 0 Å². The maximum atomic E-state index is 4.20. The van der Waals surface area contributed by atoms with Gasteiger partial charge in [-0.25, -0.2) is 4.58 Å². The van der Waals surface area contributed by atoms with Gasteiger partial charge in [0.15, 0.2) is 6.67 Å². The second-order valence-electron chi connectivity index (χ2n) is 2.28. The molecule has 0 atom stereocenters. The van der Waals surface area contributed by atoms with Crippen molar-refractivity contribution in [3.05, 3.63) is 0 Å². The average Bonchev–Trinajstić information content (AvgIpc) is 1.98. The van der Waals surface area contributed by atoms with Crippen LogP contribution in [0.15, 0.2) is 0 Å². The van der Waals surface area contributed by atoms with Crippen molar-refractivity contribution in [2.75, 3.05) is 20.8 Å². The van der Waals surface area contributed by atoms with E-state index in [1.165, 1.54) is 5.84 Å². The molecule has 4 heteroatoms. The summed E-state index contributed by atoms with van der Waals surface area (Å²) < 4.78 is 3.99. The van der Waals surface area contributed by atoms with Gasteiger partial charge in [0.25, 0.3) is 5.84 Å². The summed E-state index contributed by atoms with van der Waals surface area (Å²) in [5.41, 5.74) is 0. The number of hydrogen-bond donors (Lipinski definition) is 1. The first-order chi connectivity index (χ1) is 4.13. The second kappa shape index (κ2) is 2.19. The molecule has 0 aromatic carbocycles. The SMILES string of the molecule is CC1=[N+](C)CN(S)N1C. The molecule has 1 heterocycles. The molecule has 52 valence electrons. The van der Waals surface area contributed by atoms with Crippen LogP contribution in [0.4, 0.5) is 0 Å². The predicted octanol–water partition coefficient (Wildman–Crippen LogP) is 0.0118. The highest BCUT2D eigenvalue weighted by Gasteiger charge is 2.26. The van der Waals surface area contributed by atoms with Crippen LogP contribution >= 0.6 is 12.8 Å². The molecule has 0 amide bonds. The normalized spacial score (nSPS) is 22.0. The summed E-state index contributed by atoms with van der Waals surface area (Å²) in [5.74, 6) is 1.23. The topological polar surface area (TPSA) is 9.49 Å². The Hall–Kier alpha value is -0.220. The molecule has 0 aromatic heterocycles. The first-order valence-corrected chi connectivity index (χ1v) is 3.27. The van der Waals surface area contributed by atoms with Crippen LogP contribution in [-0.2, 0) is 0 Å². The highest BCUT2D eigenvalue weighted by atomic mass is 32.1. The lowest BCUT2D eigenvalue weighted by atomic mass is 10.6. The molecular weight excluding hydrogens is 134 g/mol. The molecule has 0 bridgehead atoms. The van der Waals surface area contributed by atoms with Crippen LogP contribution in [0.2, 0.25) is 0 Å². The van der Waals surface area contributed by atoms with Crippen LogP contribution < -0.4 is 0 Å². The Morgan fingerprint density at radius 3 is 2.33 bits per heavy atom. The molecule has 0 aromatic rings. The maximum absolute atomic E-state index is 4.20. The molecule has 9 heavy (non-hydrogen) atoms. The van der Waals surface area contributed by atoms with E-state index >= 15 is 0 Å². The lowest BCUT2D eigenvalue weighted by Crippen LogP contribution is -2.29. The van der Waals surface area contributed by atoms with Crippen molar-refractivity contribution in [3.63, 3.8) is 0 Å². The molecule has 1 rings (SSSR count). The molecule has 0 N–H and O–H groups in total. The van der Waals surface area contributed by atoms with Gasteiger partial charge in [-0.05, 0) is 12.8 Å². The quantitative estimate of drug-likeness (QED) is 0.381. The predicted molar refractivity (Wildman–Crippen MR) is 40.3 cm³/mol. The minimum atomic E-state index is 0.867. The summed E-state index contributed by atoms with van der Waals surface area (Å²) in [4.78, 5) is 0. The molecule has 0 aliphatic carbocycles. The molecule has 0 saturated carbocycles. The van der Waals surface area contributed by atoms with Crippen LogP contribution in [0.5, 0.6) is 0 Å². The highest BCUT2D eigenvalue weighted by Crippen LogP contribution is 2.05. The molecular formula is C5H12N3S+. The Balaban J connectivity index is 2.74. The Bertz CT molecular complexity index is 154. The Labute approximate surface area is 61.1 Å². The molecule has 0 unspecified atom stereocenters. The Morgan fingerprint density at radius 1 is 1.67 bits per heavy atom. The fourth-order valence-electron chi connectivity index (χ4n) is 0.801. The van der Waals surface area contributed by atoms with E-state index in [4.69, 9.17) is 0 Å². The molecule has 0 saturated heterocycles. The van der Waals surface area contributed by atoms with Crippen molar-refractivity contribution in [1.82, 2.24) is 9.42 Å². The summed E-state index contributed by atoms with van der Waals surface area (Å²) in [5, 5.41) is 2.00. The summed E-state index contributed by atoms with van der Waals surface area (Å²) in [6.45, 7) is 2.93. The number of thiol groups is 1. The smallest absolute Gasteiger partial charge is 0.249 e. The third-order valence-corrected chi connectivity index (χ3v) is 2.10. The zero-order chi connectivity index (χ0) is 7.02. The summed E-state index contributed by atoms with van der Waals surface area (Å²) >= 11 is 4.20. The van der Waals surface area contributed by atoms with Gasteiger partial charge < -0.3 is 0 Å². The third kappa shape index (κ3) is 1.04. The fourth-order valence-corrected chi connectivity index (χ4v) is 1.12. The van der Waals surface area contributed by atoms with Crippen molar-refractivity contribution in [2.45, 2.75) is 6.92 Å². The molecule has 3 nitrogen and oxygen atoms in total. The highest BCUT2D eigenvalue weighted by molar-refractivity contribution is 7.77. The molecule has 0 spiro atoms. The number of rotatable bonds is 0. The van der Waals surface area contributed by atoms with E-state index in [-0.39, 0.29) is 0 Å². The Kier molecular flexibility index (Phi) is 1.68. The standard InChI is InChI=1S/C5H12N3S/c1-5-6(2)4-8(9)7(5)3/h9H,4H2,1-3H3/q+1. The maximum Gasteiger partial charge on any atom is 0.263 e. The first kappa shape index (κ1) is 6.89. The average molecular weight is 146 g/mol. The summed E-state index contributed by atoms with van der Waals surface area (Å²) in [6, 6.07) is 0. The zero-order valence-corrected chi connectivity index (χ0v) is 6.89. The minimum Gasteiger partial charge on any atom is -0.249 e. The van der Waals surface area contributed by atoms with Crippen LogP contribution in [0.1, 0.15) is 6.92 Å². The van der Waals surface area contributed by atoms with Gasteiger partial charge in [-0.2, -0.15) is 5.01 Å². The van der Waals surface area contributed by atoms with Gasteiger partial charge in [0.05, 0.1) is 14.1 Å². The van der Waals surface area contributed by atoms with Crippen LogP contribution in [-0.4, -0.2) is 40.6 Å². The van der Waals surface area contributed by atoms with E-state index in [0.717, 1.165) is 6.67 Å². The van der Waals surface area contributed by atoms with Gasteiger partial charge in [-0.3, -0.25) is 0 Å². The van der Waals surface area contributed by atoms with E-state index < -0.39 is 0 Å². The van der Waals surface area contributed by atoms with Gasteiger partial charge >= 0.3 is 0 Å². The Morgan fingerprint density at radius 2 is 2.22 bits per heavy atom. The fraction of sp³-hybridized carbons (Fsp3) is 0.800. The molecule has 0 fully saturated rings. The van der Waals surface area contributed by atoms with Crippen LogP contribution in [0, 0.1) is 0 Å². The van der Waals surface area contributed by atoms with E-state index in [9.17, 15) is 0 Å². The van der Waals surface area contributed by atoms with Crippen molar-refractivity contribution in [2.24, 2.45) is 0 Å². The third-order valence-electron chi connectivity index (χ3n) is 1.71. The number of nitrogens with zero attached hydrogens (tertiary/aromatic N) is 3. The van der Waals surface area contributed by atoms with Gasteiger partial charge in [-0.15, -0.1) is 0 Å². The molecule has 1 aliphatic rings. The van der Waals surface area contributed by atoms with Crippen molar-refractivity contribution >= 4 is 18.7 Å². The van der Waals surface area contributed by atoms with Crippen LogP contribution in [0.25, 0.3) is 0 Å². The lowest BCUT2D eigenvalue weighted by molar-refractivity contribution is -0.500. The second-order valence-corrected chi connectivity index (χ2v) is 2.74. The first-order valence-electron chi connectivity index (χ1n) is 2.87. The molecule has 0 radical (unpaired) electrons. The van der Waals surface area contributed by atoms with Gasteiger partial charge in [0.2, 0.25) is 0 Å². The van der Waals surface area contributed by atoms with Crippen LogP contribution in [0.3, 0.4) is 0 Å². The van der Waals surface area contributed by atoms with E-state index in [0.29, 0.717) is 0 Å². The number of hydrogen-bond acceptors (Lipinski definition) is 3. The van der Waals surface area contributed by atoms with Crippen molar-refractivity contribution in [1.29, 1.82) is 0 Å². The lowest BCUT2D eigenvalue weighted by Gasteiger charge is -2.08. The van der Waals surface area contributed by atoms with E-state index in [1.54, 1.807) is 0 Å². The zero-order valence-electron chi connectivity index (χ0n) is 6.00. The monoisotopic (exact) mass is 146 g/mol. The van der Waals surface area contributed by atoms with E-state index in [2.05, 4.69) is 24.3 Å². The van der Waals surface area contributed by atoms with Gasteiger partial charge in [0, 0.05) is 6.92 Å².